The normalized spacial score (nSPS) is 11.6. The minimum atomic E-state index is -4.25. The van der Waals surface area contributed by atoms with E-state index in [9.17, 15) is 21.6 Å². The van der Waals surface area contributed by atoms with Crippen LogP contribution in [0.4, 0.5) is 18.9 Å². The zero-order valence-corrected chi connectivity index (χ0v) is 11.8. The number of halogens is 3. The molecule has 0 fully saturated rings. The fourth-order valence-corrected chi connectivity index (χ4v) is 3.56. The summed E-state index contributed by atoms with van der Waals surface area (Å²) in [5.41, 5.74) is 5.70. The van der Waals surface area contributed by atoms with Crippen molar-refractivity contribution in [3.8, 4) is 0 Å². The Bertz CT molecular complexity index is 781. The van der Waals surface area contributed by atoms with Crippen LogP contribution in [0.5, 0.6) is 0 Å². The van der Waals surface area contributed by atoms with Gasteiger partial charge in [0, 0.05) is 5.69 Å². The molecule has 0 aliphatic heterocycles. The molecule has 0 bridgehead atoms. The molecule has 0 aliphatic rings. The number of anilines is 1. The molecule has 3 nitrogen and oxygen atoms in total. The molecule has 0 saturated heterocycles. The third-order valence-electron chi connectivity index (χ3n) is 2.98. The minimum Gasteiger partial charge on any atom is -0.399 e. The number of sulfone groups is 1. The number of nitrogen functional groups attached to an aromatic ring is 1. The molecule has 0 heterocycles. The molecular formula is C14H12F3NO2S. The van der Waals surface area contributed by atoms with Crippen LogP contribution >= 0.6 is 0 Å². The average molecular weight is 315 g/mol. The first-order valence-corrected chi connectivity index (χ1v) is 7.58. The van der Waals surface area contributed by atoms with Gasteiger partial charge in [-0.05, 0) is 42.3 Å². The summed E-state index contributed by atoms with van der Waals surface area (Å²) in [6.45, 7) is 1.52. The molecule has 0 radical (unpaired) electrons. The molecule has 0 atom stereocenters. The number of aryl methyl sites for hydroxylation is 1. The van der Waals surface area contributed by atoms with E-state index in [-0.39, 0.29) is 11.3 Å². The fraction of sp³-hybridized carbons (Fsp3) is 0.143. The van der Waals surface area contributed by atoms with Crippen LogP contribution in [0.1, 0.15) is 11.1 Å². The topological polar surface area (TPSA) is 60.2 Å². The summed E-state index contributed by atoms with van der Waals surface area (Å²) in [5, 5.41) is 0. The first-order valence-electron chi connectivity index (χ1n) is 5.93. The van der Waals surface area contributed by atoms with Gasteiger partial charge in [0.1, 0.15) is 22.3 Å². The first kappa shape index (κ1) is 15.4. The average Bonchev–Trinajstić information content (AvgIpc) is 2.30. The highest BCUT2D eigenvalue weighted by Gasteiger charge is 2.25. The Balaban J connectivity index is 2.48. The Kier molecular flexibility index (Phi) is 3.95. The molecule has 0 aliphatic carbocycles. The van der Waals surface area contributed by atoms with E-state index in [0.717, 1.165) is 24.3 Å². The SMILES string of the molecule is Cc1cc(F)ccc1CS(=O)(=O)c1c(F)cc(N)cc1F. The lowest BCUT2D eigenvalue weighted by atomic mass is 10.1. The van der Waals surface area contributed by atoms with Gasteiger partial charge in [-0.1, -0.05) is 6.07 Å². The van der Waals surface area contributed by atoms with Crippen LogP contribution in [0.25, 0.3) is 0 Å². The summed E-state index contributed by atoms with van der Waals surface area (Å²) in [6, 6.07) is 5.00. The third-order valence-corrected chi connectivity index (χ3v) is 4.68. The molecule has 7 heteroatoms. The molecular weight excluding hydrogens is 303 g/mol. The Morgan fingerprint density at radius 3 is 2.14 bits per heavy atom. The van der Waals surface area contributed by atoms with E-state index in [0.29, 0.717) is 5.56 Å². The lowest BCUT2D eigenvalue weighted by molar-refractivity contribution is 0.520. The van der Waals surface area contributed by atoms with Gasteiger partial charge in [0.15, 0.2) is 9.84 Å². The van der Waals surface area contributed by atoms with Gasteiger partial charge in [-0.25, -0.2) is 21.6 Å². The van der Waals surface area contributed by atoms with Crippen LogP contribution in [0.2, 0.25) is 0 Å². The largest absolute Gasteiger partial charge is 0.399 e. The van der Waals surface area contributed by atoms with Crippen molar-refractivity contribution in [2.24, 2.45) is 0 Å². The molecule has 0 amide bonds. The van der Waals surface area contributed by atoms with Crippen molar-refractivity contribution in [3.05, 3.63) is 58.9 Å². The van der Waals surface area contributed by atoms with Crippen molar-refractivity contribution >= 4 is 15.5 Å². The molecule has 2 aromatic rings. The highest BCUT2D eigenvalue weighted by Crippen LogP contribution is 2.26. The van der Waals surface area contributed by atoms with E-state index < -0.39 is 37.9 Å². The van der Waals surface area contributed by atoms with E-state index in [1.807, 2.05) is 0 Å². The van der Waals surface area contributed by atoms with Crippen LogP contribution < -0.4 is 5.73 Å². The summed E-state index contributed by atoms with van der Waals surface area (Å²) >= 11 is 0. The van der Waals surface area contributed by atoms with Gasteiger partial charge in [0.2, 0.25) is 0 Å². The number of hydrogen-bond acceptors (Lipinski definition) is 3. The van der Waals surface area contributed by atoms with Crippen molar-refractivity contribution in [1.82, 2.24) is 0 Å². The van der Waals surface area contributed by atoms with E-state index >= 15 is 0 Å². The van der Waals surface area contributed by atoms with Crippen LogP contribution in [0, 0.1) is 24.4 Å². The van der Waals surface area contributed by atoms with Gasteiger partial charge < -0.3 is 5.73 Å². The van der Waals surface area contributed by atoms with Crippen LogP contribution in [0.15, 0.2) is 35.2 Å². The standard InChI is InChI=1S/C14H12F3NO2S/c1-8-4-10(15)3-2-9(8)7-21(19,20)14-12(16)5-11(18)6-13(14)17/h2-6H,7,18H2,1H3. The second-order valence-corrected chi connectivity index (χ2v) is 6.57. The maximum atomic E-state index is 13.7. The molecule has 0 saturated carbocycles. The summed E-state index contributed by atoms with van der Waals surface area (Å²) < 4.78 is 64.8. The monoisotopic (exact) mass is 315 g/mol. The number of nitrogens with two attached hydrogens (primary N) is 1. The summed E-state index contributed by atoms with van der Waals surface area (Å²) in [6.07, 6.45) is 0. The van der Waals surface area contributed by atoms with Gasteiger partial charge in [-0.15, -0.1) is 0 Å². The van der Waals surface area contributed by atoms with E-state index in [2.05, 4.69) is 0 Å². The predicted molar refractivity (Wildman–Crippen MR) is 72.8 cm³/mol. The second kappa shape index (κ2) is 5.40. The van der Waals surface area contributed by atoms with E-state index in [1.54, 1.807) is 0 Å². The molecule has 2 aromatic carbocycles. The van der Waals surface area contributed by atoms with Crippen molar-refractivity contribution in [2.75, 3.05) is 5.73 Å². The Labute approximate surface area is 120 Å². The zero-order valence-electron chi connectivity index (χ0n) is 11.0. The minimum absolute atomic E-state index is 0.207. The summed E-state index contributed by atoms with van der Waals surface area (Å²) in [5.74, 6) is -3.63. The highest BCUT2D eigenvalue weighted by atomic mass is 32.2. The third kappa shape index (κ3) is 3.18. The smallest absolute Gasteiger partial charge is 0.188 e. The zero-order chi connectivity index (χ0) is 15.8. The first-order chi connectivity index (χ1) is 9.70. The van der Waals surface area contributed by atoms with Gasteiger partial charge in [0.05, 0.1) is 5.75 Å². The fourth-order valence-electron chi connectivity index (χ4n) is 1.97. The maximum Gasteiger partial charge on any atom is 0.188 e. The molecule has 2 rings (SSSR count). The second-order valence-electron chi connectivity index (χ2n) is 4.64. The van der Waals surface area contributed by atoms with Crippen molar-refractivity contribution in [2.45, 2.75) is 17.6 Å². The lowest BCUT2D eigenvalue weighted by Crippen LogP contribution is -2.11. The number of rotatable bonds is 3. The quantitative estimate of drug-likeness (QED) is 0.886. The van der Waals surface area contributed by atoms with Gasteiger partial charge >= 0.3 is 0 Å². The molecule has 2 N–H and O–H groups in total. The van der Waals surface area contributed by atoms with E-state index in [4.69, 9.17) is 5.73 Å². The number of hydrogen-bond donors (Lipinski definition) is 1. The Morgan fingerprint density at radius 2 is 1.62 bits per heavy atom. The van der Waals surface area contributed by atoms with Crippen molar-refractivity contribution < 1.29 is 21.6 Å². The summed E-state index contributed by atoms with van der Waals surface area (Å²) in [4.78, 5) is -1.03. The van der Waals surface area contributed by atoms with Gasteiger partial charge in [-0.3, -0.25) is 0 Å². The van der Waals surface area contributed by atoms with E-state index in [1.165, 1.54) is 13.0 Å². The highest BCUT2D eigenvalue weighted by molar-refractivity contribution is 7.90. The Morgan fingerprint density at radius 1 is 1.05 bits per heavy atom. The molecule has 0 aromatic heterocycles. The number of benzene rings is 2. The molecule has 0 spiro atoms. The maximum absolute atomic E-state index is 13.7. The molecule has 112 valence electrons. The summed E-state index contributed by atoms with van der Waals surface area (Å²) in [7, 11) is -4.25. The predicted octanol–water partition coefficient (Wildman–Crippen LogP) is 2.97. The molecule has 21 heavy (non-hydrogen) atoms. The van der Waals surface area contributed by atoms with Gasteiger partial charge in [0.25, 0.3) is 0 Å². The van der Waals surface area contributed by atoms with Gasteiger partial charge in [-0.2, -0.15) is 0 Å². The lowest BCUT2D eigenvalue weighted by Gasteiger charge is -2.10. The van der Waals surface area contributed by atoms with Crippen LogP contribution in [-0.4, -0.2) is 8.42 Å². The van der Waals surface area contributed by atoms with Crippen LogP contribution in [0.3, 0.4) is 0 Å². The van der Waals surface area contributed by atoms with Crippen molar-refractivity contribution in [1.29, 1.82) is 0 Å². The molecule has 0 unspecified atom stereocenters. The van der Waals surface area contributed by atoms with Crippen LogP contribution in [-0.2, 0) is 15.6 Å². The Hall–Kier alpha value is -2.02. The van der Waals surface area contributed by atoms with Crippen molar-refractivity contribution in [3.63, 3.8) is 0 Å².